The van der Waals surface area contributed by atoms with E-state index >= 15 is 0 Å². The molecule has 19 heavy (non-hydrogen) atoms. The van der Waals surface area contributed by atoms with Crippen LogP contribution in [0.3, 0.4) is 0 Å². The maximum absolute atomic E-state index is 8.91. The summed E-state index contributed by atoms with van der Waals surface area (Å²) in [6.07, 6.45) is 1.63. The number of aromatic nitrogens is 2. The molecule has 0 fully saturated rings. The van der Waals surface area contributed by atoms with Gasteiger partial charge in [0.25, 0.3) is 0 Å². The van der Waals surface area contributed by atoms with Gasteiger partial charge in [-0.25, -0.2) is 9.97 Å². The van der Waals surface area contributed by atoms with Crippen molar-refractivity contribution in [3.63, 3.8) is 0 Å². The number of nitrogens with zero attached hydrogens (tertiary/aromatic N) is 4. The van der Waals surface area contributed by atoms with E-state index in [9.17, 15) is 0 Å². The third-order valence-corrected chi connectivity index (χ3v) is 2.83. The van der Waals surface area contributed by atoms with E-state index in [1.807, 2.05) is 24.3 Å². The van der Waals surface area contributed by atoms with Crippen molar-refractivity contribution in [1.82, 2.24) is 9.97 Å². The molecule has 1 aromatic carbocycles. The predicted molar refractivity (Wildman–Crippen MR) is 74.5 cm³/mol. The SMILES string of the molecule is CC(C)N(Cc1ccccc1)c1nccc(C#N)n1. The van der Waals surface area contributed by atoms with Gasteiger partial charge in [-0.05, 0) is 25.5 Å². The molecule has 0 spiro atoms. The maximum atomic E-state index is 8.91. The predicted octanol–water partition coefficient (Wildman–Crippen LogP) is 2.76. The van der Waals surface area contributed by atoms with E-state index in [0.29, 0.717) is 11.6 Å². The van der Waals surface area contributed by atoms with Crippen molar-refractivity contribution >= 4 is 5.95 Å². The Labute approximate surface area is 113 Å². The Morgan fingerprint density at radius 3 is 2.58 bits per heavy atom. The van der Waals surface area contributed by atoms with Crippen LogP contribution < -0.4 is 4.90 Å². The van der Waals surface area contributed by atoms with Crippen molar-refractivity contribution in [1.29, 1.82) is 5.26 Å². The molecule has 0 aliphatic rings. The highest BCUT2D eigenvalue weighted by Crippen LogP contribution is 2.15. The molecule has 4 nitrogen and oxygen atoms in total. The van der Waals surface area contributed by atoms with Gasteiger partial charge < -0.3 is 4.90 Å². The van der Waals surface area contributed by atoms with Crippen LogP contribution in [0.25, 0.3) is 0 Å². The molecule has 0 bridgehead atoms. The van der Waals surface area contributed by atoms with Crippen LogP contribution in [0.4, 0.5) is 5.95 Å². The van der Waals surface area contributed by atoms with Crippen molar-refractivity contribution in [2.24, 2.45) is 0 Å². The van der Waals surface area contributed by atoms with Gasteiger partial charge in [-0.15, -0.1) is 0 Å². The summed E-state index contributed by atoms with van der Waals surface area (Å²) in [5.41, 5.74) is 1.59. The van der Waals surface area contributed by atoms with Crippen LogP contribution >= 0.6 is 0 Å². The normalized spacial score (nSPS) is 10.2. The lowest BCUT2D eigenvalue weighted by Gasteiger charge is -2.26. The van der Waals surface area contributed by atoms with Crippen molar-refractivity contribution in [2.45, 2.75) is 26.4 Å². The van der Waals surface area contributed by atoms with Gasteiger partial charge in [0.2, 0.25) is 5.95 Å². The van der Waals surface area contributed by atoms with Crippen LogP contribution in [-0.2, 0) is 6.54 Å². The molecule has 0 saturated heterocycles. The Kier molecular flexibility index (Phi) is 4.09. The summed E-state index contributed by atoms with van der Waals surface area (Å²) in [6, 6.07) is 14.1. The van der Waals surface area contributed by atoms with E-state index in [2.05, 4.69) is 40.8 Å². The topological polar surface area (TPSA) is 52.8 Å². The Morgan fingerprint density at radius 2 is 1.95 bits per heavy atom. The number of hydrogen-bond donors (Lipinski definition) is 0. The van der Waals surface area contributed by atoms with Crippen molar-refractivity contribution in [3.8, 4) is 6.07 Å². The minimum absolute atomic E-state index is 0.258. The van der Waals surface area contributed by atoms with Gasteiger partial charge in [0.1, 0.15) is 11.8 Å². The molecule has 0 aliphatic heterocycles. The standard InChI is InChI=1S/C15H16N4/c1-12(2)19(11-13-6-4-3-5-7-13)15-17-9-8-14(10-16)18-15/h3-9,12H,11H2,1-2H3. The zero-order valence-electron chi connectivity index (χ0n) is 11.1. The lowest BCUT2D eigenvalue weighted by Crippen LogP contribution is -2.31. The third-order valence-electron chi connectivity index (χ3n) is 2.83. The smallest absolute Gasteiger partial charge is 0.227 e. The summed E-state index contributed by atoms with van der Waals surface area (Å²) in [7, 11) is 0. The van der Waals surface area contributed by atoms with Crippen LogP contribution in [0.2, 0.25) is 0 Å². The molecule has 0 radical (unpaired) electrons. The fourth-order valence-corrected chi connectivity index (χ4v) is 1.81. The first-order valence-electron chi connectivity index (χ1n) is 6.24. The average molecular weight is 252 g/mol. The molecule has 4 heteroatoms. The first-order valence-corrected chi connectivity index (χ1v) is 6.24. The summed E-state index contributed by atoms with van der Waals surface area (Å²) in [6.45, 7) is 4.91. The van der Waals surface area contributed by atoms with Crippen molar-refractivity contribution in [3.05, 3.63) is 53.9 Å². The first-order chi connectivity index (χ1) is 9.20. The molecule has 0 saturated carbocycles. The van der Waals surface area contributed by atoms with E-state index in [1.54, 1.807) is 12.3 Å². The van der Waals surface area contributed by atoms with Crippen LogP contribution in [-0.4, -0.2) is 16.0 Å². The molecule has 1 heterocycles. The van der Waals surface area contributed by atoms with E-state index in [1.165, 1.54) is 5.56 Å². The van der Waals surface area contributed by atoms with Gasteiger partial charge in [-0.2, -0.15) is 5.26 Å². The third kappa shape index (κ3) is 3.29. The lowest BCUT2D eigenvalue weighted by atomic mass is 10.2. The second kappa shape index (κ2) is 5.96. The Balaban J connectivity index is 2.28. The van der Waals surface area contributed by atoms with E-state index in [0.717, 1.165) is 6.54 Å². The highest BCUT2D eigenvalue weighted by molar-refractivity contribution is 5.36. The van der Waals surface area contributed by atoms with E-state index in [-0.39, 0.29) is 6.04 Å². The minimum atomic E-state index is 0.258. The molecule has 2 rings (SSSR count). The summed E-state index contributed by atoms with van der Waals surface area (Å²) in [4.78, 5) is 10.6. The van der Waals surface area contributed by atoms with Gasteiger partial charge >= 0.3 is 0 Å². The van der Waals surface area contributed by atoms with Gasteiger partial charge in [-0.1, -0.05) is 30.3 Å². The van der Waals surface area contributed by atoms with E-state index < -0.39 is 0 Å². The van der Waals surface area contributed by atoms with Crippen molar-refractivity contribution in [2.75, 3.05) is 4.90 Å². The number of anilines is 1. The van der Waals surface area contributed by atoms with Crippen LogP contribution in [0, 0.1) is 11.3 Å². The second-order valence-corrected chi connectivity index (χ2v) is 4.56. The average Bonchev–Trinajstić information content (AvgIpc) is 2.45. The number of hydrogen-bond acceptors (Lipinski definition) is 4. The molecular formula is C15H16N4. The quantitative estimate of drug-likeness (QED) is 0.839. The van der Waals surface area contributed by atoms with Crippen LogP contribution in [0.1, 0.15) is 25.1 Å². The molecule has 0 atom stereocenters. The van der Waals surface area contributed by atoms with Crippen LogP contribution in [0.15, 0.2) is 42.6 Å². The number of nitriles is 1. The minimum Gasteiger partial charge on any atom is -0.334 e. The molecule has 0 aliphatic carbocycles. The molecule has 0 amide bonds. The molecule has 96 valence electrons. The molecule has 1 aromatic heterocycles. The monoisotopic (exact) mass is 252 g/mol. The zero-order chi connectivity index (χ0) is 13.7. The molecular weight excluding hydrogens is 236 g/mol. The second-order valence-electron chi connectivity index (χ2n) is 4.56. The highest BCUT2D eigenvalue weighted by atomic mass is 15.3. The van der Waals surface area contributed by atoms with Gasteiger partial charge in [0, 0.05) is 18.8 Å². The summed E-state index contributed by atoms with van der Waals surface area (Å²) in [5.74, 6) is 0.595. The van der Waals surface area contributed by atoms with Crippen LogP contribution in [0.5, 0.6) is 0 Å². The maximum Gasteiger partial charge on any atom is 0.227 e. The Bertz CT molecular complexity index is 572. The molecule has 0 unspecified atom stereocenters. The summed E-state index contributed by atoms with van der Waals surface area (Å²) >= 11 is 0. The zero-order valence-corrected chi connectivity index (χ0v) is 11.1. The number of benzene rings is 1. The molecule has 0 N–H and O–H groups in total. The first kappa shape index (κ1) is 13.0. The largest absolute Gasteiger partial charge is 0.334 e. The van der Waals surface area contributed by atoms with Crippen molar-refractivity contribution < 1.29 is 0 Å². The fraction of sp³-hybridized carbons (Fsp3) is 0.267. The number of rotatable bonds is 4. The highest BCUT2D eigenvalue weighted by Gasteiger charge is 2.14. The fourth-order valence-electron chi connectivity index (χ4n) is 1.81. The van der Waals surface area contributed by atoms with Gasteiger partial charge in [-0.3, -0.25) is 0 Å². The van der Waals surface area contributed by atoms with Gasteiger partial charge in [0.15, 0.2) is 0 Å². The lowest BCUT2D eigenvalue weighted by molar-refractivity contribution is 0.660. The summed E-state index contributed by atoms with van der Waals surface area (Å²) < 4.78 is 0. The molecule has 2 aromatic rings. The summed E-state index contributed by atoms with van der Waals surface area (Å²) in [5, 5.41) is 8.91. The Hall–Kier alpha value is -2.41. The van der Waals surface area contributed by atoms with Gasteiger partial charge in [0.05, 0.1) is 0 Å². The Morgan fingerprint density at radius 1 is 1.21 bits per heavy atom. The van der Waals surface area contributed by atoms with E-state index in [4.69, 9.17) is 5.26 Å².